The van der Waals surface area contributed by atoms with E-state index in [1.165, 1.54) is 57.8 Å². The van der Waals surface area contributed by atoms with E-state index in [0.717, 1.165) is 18.4 Å². The quantitative estimate of drug-likeness (QED) is 0.204. The first-order valence-corrected chi connectivity index (χ1v) is 13.1. The van der Waals surface area contributed by atoms with E-state index in [1.54, 1.807) is 0 Å². The Hall–Kier alpha value is -2.07. The van der Waals surface area contributed by atoms with Crippen LogP contribution in [0, 0.1) is 0 Å². The standard InChI is InChI=1S/C28H41ClN2O2/c1-4-6-7-8-9-10-11-12-13-14-21-33-27-16-15-24(22-25(27)29)26(5-2)30-28(32)23-17-19-31(3)20-18-23/h15-20,22,26H,4-14,21H2,1-3H3/p+1. The van der Waals surface area contributed by atoms with Gasteiger partial charge in [0.1, 0.15) is 12.8 Å². The number of unbranched alkanes of at least 4 members (excludes halogenated alkanes) is 9. The summed E-state index contributed by atoms with van der Waals surface area (Å²) in [5.74, 6) is 0.632. The SMILES string of the molecule is CCCCCCCCCCCCOc1ccc(C(CC)NC(=O)c2cc[n+](C)cc2)cc1Cl. The molecule has 0 aliphatic heterocycles. The van der Waals surface area contributed by atoms with Gasteiger partial charge in [-0.2, -0.15) is 0 Å². The fourth-order valence-corrected chi connectivity index (χ4v) is 4.18. The van der Waals surface area contributed by atoms with Crippen molar-refractivity contribution in [2.75, 3.05) is 6.61 Å². The highest BCUT2D eigenvalue weighted by molar-refractivity contribution is 6.32. The maximum atomic E-state index is 12.6. The van der Waals surface area contributed by atoms with E-state index >= 15 is 0 Å². The molecule has 1 aromatic carbocycles. The third-order valence-corrected chi connectivity index (χ3v) is 6.36. The number of halogens is 1. The molecule has 2 aromatic rings. The molecule has 0 aliphatic rings. The lowest BCUT2D eigenvalue weighted by molar-refractivity contribution is -0.671. The van der Waals surface area contributed by atoms with Gasteiger partial charge in [0.15, 0.2) is 12.4 Å². The van der Waals surface area contributed by atoms with E-state index in [4.69, 9.17) is 16.3 Å². The Kier molecular flexibility index (Phi) is 12.9. The predicted octanol–water partition coefficient (Wildman–Crippen LogP) is 7.35. The number of carbonyl (C=O) groups is 1. The second kappa shape index (κ2) is 15.7. The Bertz CT molecular complexity index is 823. The summed E-state index contributed by atoms with van der Waals surface area (Å²) in [6, 6.07) is 9.37. The van der Waals surface area contributed by atoms with Crippen molar-refractivity contribution in [3.63, 3.8) is 0 Å². The number of amides is 1. The third-order valence-electron chi connectivity index (χ3n) is 6.07. The number of pyridine rings is 1. The zero-order valence-electron chi connectivity index (χ0n) is 20.7. The number of hydrogen-bond donors (Lipinski definition) is 1. The normalized spacial score (nSPS) is 11.9. The molecule has 0 aliphatic carbocycles. The van der Waals surface area contributed by atoms with Crippen molar-refractivity contribution in [3.8, 4) is 5.75 Å². The van der Waals surface area contributed by atoms with Gasteiger partial charge in [0.2, 0.25) is 0 Å². The minimum atomic E-state index is -0.0972. The van der Waals surface area contributed by atoms with Crippen LogP contribution in [0.2, 0.25) is 5.02 Å². The fourth-order valence-electron chi connectivity index (χ4n) is 3.94. The highest BCUT2D eigenvalue weighted by atomic mass is 35.5. The van der Waals surface area contributed by atoms with Crippen LogP contribution in [-0.2, 0) is 7.05 Å². The molecule has 0 bridgehead atoms. The van der Waals surface area contributed by atoms with Crippen LogP contribution < -0.4 is 14.6 Å². The fraction of sp³-hybridized carbons (Fsp3) is 0.571. The molecule has 2 rings (SSSR count). The smallest absolute Gasteiger partial charge is 0.252 e. The van der Waals surface area contributed by atoms with Crippen LogP contribution in [0.1, 0.15) is 106 Å². The summed E-state index contributed by atoms with van der Waals surface area (Å²) in [4.78, 5) is 12.6. The minimum Gasteiger partial charge on any atom is -0.492 e. The maximum Gasteiger partial charge on any atom is 0.252 e. The lowest BCUT2D eigenvalue weighted by Crippen LogP contribution is -2.30. The molecule has 1 atom stereocenters. The molecule has 0 radical (unpaired) electrons. The summed E-state index contributed by atoms with van der Waals surface area (Å²) in [7, 11) is 1.93. The Morgan fingerprint density at radius 1 is 0.939 bits per heavy atom. The van der Waals surface area contributed by atoms with Crippen molar-refractivity contribution in [3.05, 3.63) is 58.9 Å². The van der Waals surface area contributed by atoms with Gasteiger partial charge in [-0.05, 0) is 30.5 Å². The molecule has 0 spiro atoms. The van der Waals surface area contributed by atoms with Gasteiger partial charge >= 0.3 is 0 Å². The number of aryl methyl sites for hydroxylation is 1. The van der Waals surface area contributed by atoms with Crippen molar-refractivity contribution in [1.29, 1.82) is 0 Å². The van der Waals surface area contributed by atoms with Crippen molar-refractivity contribution >= 4 is 17.5 Å². The van der Waals surface area contributed by atoms with Crippen LogP contribution in [0.15, 0.2) is 42.7 Å². The van der Waals surface area contributed by atoms with Crippen molar-refractivity contribution in [2.24, 2.45) is 7.05 Å². The molecule has 0 saturated carbocycles. The molecule has 1 heterocycles. The summed E-state index contributed by atoms with van der Waals surface area (Å²) in [6.07, 6.45) is 17.6. The van der Waals surface area contributed by atoms with Crippen LogP contribution >= 0.6 is 11.6 Å². The van der Waals surface area contributed by atoms with E-state index < -0.39 is 0 Å². The number of hydrogen-bond acceptors (Lipinski definition) is 2. The van der Waals surface area contributed by atoms with Gasteiger partial charge in [-0.15, -0.1) is 0 Å². The Balaban J connectivity index is 1.72. The summed E-state index contributed by atoms with van der Waals surface area (Å²) < 4.78 is 7.82. The largest absolute Gasteiger partial charge is 0.492 e. The average molecular weight is 474 g/mol. The molecule has 4 nitrogen and oxygen atoms in total. The van der Waals surface area contributed by atoms with Gasteiger partial charge in [-0.25, -0.2) is 4.57 Å². The number of rotatable bonds is 16. The van der Waals surface area contributed by atoms with Crippen LogP contribution in [0.5, 0.6) is 5.75 Å². The lowest BCUT2D eigenvalue weighted by atomic mass is 10.0. The number of ether oxygens (including phenoxy) is 1. The van der Waals surface area contributed by atoms with Gasteiger partial charge in [0.05, 0.1) is 23.2 Å². The highest BCUT2D eigenvalue weighted by Crippen LogP contribution is 2.29. The molecule has 1 unspecified atom stereocenters. The maximum absolute atomic E-state index is 12.6. The molecule has 5 heteroatoms. The van der Waals surface area contributed by atoms with E-state index in [1.807, 2.05) is 54.3 Å². The molecule has 0 saturated heterocycles. The number of aromatic nitrogens is 1. The van der Waals surface area contributed by atoms with E-state index in [9.17, 15) is 4.79 Å². The number of nitrogens with one attached hydrogen (secondary N) is 1. The zero-order chi connectivity index (χ0) is 23.9. The first kappa shape index (κ1) is 27.2. The third kappa shape index (κ3) is 10.2. The average Bonchev–Trinajstić information content (AvgIpc) is 2.82. The van der Waals surface area contributed by atoms with Crippen LogP contribution in [0.25, 0.3) is 0 Å². The van der Waals surface area contributed by atoms with Crippen molar-refractivity contribution in [2.45, 2.75) is 90.5 Å². The molecular weight excluding hydrogens is 432 g/mol. The van der Waals surface area contributed by atoms with E-state index in [0.29, 0.717) is 22.9 Å². The summed E-state index contributed by atoms with van der Waals surface area (Å²) in [5, 5.41) is 3.70. The summed E-state index contributed by atoms with van der Waals surface area (Å²) >= 11 is 6.49. The van der Waals surface area contributed by atoms with Crippen LogP contribution in [0.3, 0.4) is 0 Å². The number of nitrogens with zero attached hydrogens (tertiary/aromatic N) is 1. The second-order valence-electron chi connectivity index (χ2n) is 8.91. The molecule has 0 fully saturated rings. The van der Waals surface area contributed by atoms with Gasteiger partial charge in [-0.1, -0.05) is 89.3 Å². The monoisotopic (exact) mass is 473 g/mol. The molecule has 182 valence electrons. The number of benzene rings is 1. The van der Waals surface area contributed by atoms with Crippen molar-refractivity contribution < 1.29 is 14.1 Å². The van der Waals surface area contributed by atoms with Crippen LogP contribution in [-0.4, -0.2) is 12.5 Å². The Morgan fingerprint density at radius 3 is 2.12 bits per heavy atom. The first-order chi connectivity index (χ1) is 16.0. The van der Waals surface area contributed by atoms with Gasteiger partial charge in [0.25, 0.3) is 5.91 Å². The zero-order valence-corrected chi connectivity index (χ0v) is 21.5. The molecule has 1 aromatic heterocycles. The molecule has 33 heavy (non-hydrogen) atoms. The second-order valence-corrected chi connectivity index (χ2v) is 9.31. The van der Waals surface area contributed by atoms with Crippen molar-refractivity contribution in [1.82, 2.24) is 5.32 Å². The first-order valence-electron chi connectivity index (χ1n) is 12.7. The van der Waals surface area contributed by atoms with E-state index in [-0.39, 0.29) is 11.9 Å². The molecular formula is C28H42ClN2O2+. The molecule has 1 amide bonds. The topological polar surface area (TPSA) is 42.2 Å². The Labute approximate surface area is 205 Å². The van der Waals surface area contributed by atoms with Crippen LogP contribution in [0.4, 0.5) is 0 Å². The van der Waals surface area contributed by atoms with Gasteiger partial charge < -0.3 is 10.1 Å². The number of carbonyl (C=O) groups excluding carboxylic acids is 1. The van der Waals surface area contributed by atoms with E-state index in [2.05, 4.69) is 19.2 Å². The Morgan fingerprint density at radius 2 is 1.55 bits per heavy atom. The molecule has 1 N–H and O–H groups in total. The highest BCUT2D eigenvalue weighted by Gasteiger charge is 2.16. The van der Waals surface area contributed by atoms with Gasteiger partial charge in [0, 0.05) is 12.1 Å². The summed E-state index contributed by atoms with van der Waals surface area (Å²) in [5.41, 5.74) is 1.64. The lowest BCUT2D eigenvalue weighted by Gasteiger charge is -2.18. The minimum absolute atomic E-state index is 0.0835. The summed E-state index contributed by atoms with van der Waals surface area (Å²) in [6.45, 7) is 5.01. The van der Waals surface area contributed by atoms with Gasteiger partial charge in [-0.3, -0.25) is 4.79 Å². The predicted molar refractivity (Wildman–Crippen MR) is 137 cm³/mol.